The van der Waals surface area contributed by atoms with Crippen LogP contribution in [0.5, 0.6) is 0 Å². The van der Waals surface area contributed by atoms with Crippen LogP contribution in [0.1, 0.15) is 49.7 Å². The minimum Gasteiger partial charge on any atom is -0.333 e. The molecule has 4 nitrogen and oxygen atoms in total. The summed E-state index contributed by atoms with van der Waals surface area (Å²) in [6.07, 6.45) is 9.95. The maximum Gasteiger partial charge on any atom is 0.130 e. The Balaban J connectivity index is 2.37. The largest absolute Gasteiger partial charge is 0.333 e. The second-order valence-electron chi connectivity index (χ2n) is 5.10. The van der Waals surface area contributed by atoms with Crippen molar-refractivity contribution >= 4 is 0 Å². The average molecular weight is 272 g/mol. The standard InChI is InChI=1S/C16H24N4/c1-4-7-18-15(14-6-8-17-12-13(14)3)16-19-9-11-20(16)10-5-2/h6,8-9,11-12,15,18H,4-5,7,10H2,1-3H3. The molecule has 0 saturated heterocycles. The molecule has 0 aliphatic carbocycles. The number of rotatable bonds is 7. The van der Waals surface area contributed by atoms with E-state index in [1.807, 2.05) is 18.6 Å². The molecule has 2 aromatic heterocycles. The van der Waals surface area contributed by atoms with Gasteiger partial charge in [0.05, 0.1) is 6.04 Å². The van der Waals surface area contributed by atoms with Crippen LogP contribution >= 0.6 is 0 Å². The number of aryl methyl sites for hydroxylation is 2. The van der Waals surface area contributed by atoms with Gasteiger partial charge in [0.25, 0.3) is 0 Å². The van der Waals surface area contributed by atoms with Gasteiger partial charge >= 0.3 is 0 Å². The van der Waals surface area contributed by atoms with Crippen LogP contribution in [-0.4, -0.2) is 21.1 Å². The lowest BCUT2D eigenvalue weighted by molar-refractivity contribution is 0.528. The zero-order valence-corrected chi connectivity index (χ0v) is 12.6. The molecule has 0 aliphatic heterocycles. The fraction of sp³-hybridized carbons (Fsp3) is 0.500. The molecular formula is C16H24N4. The van der Waals surface area contributed by atoms with Gasteiger partial charge < -0.3 is 9.88 Å². The van der Waals surface area contributed by atoms with E-state index in [0.717, 1.165) is 31.8 Å². The highest BCUT2D eigenvalue weighted by Crippen LogP contribution is 2.23. The van der Waals surface area contributed by atoms with Gasteiger partial charge in [-0.15, -0.1) is 0 Å². The van der Waals surface area contributed by atoms with E-state index in [1.165, 1.54) is 11.1 Å². The van der Waals surface area contributed by atoms with Gasteiger partial charge in [0.2, 0.25) is 0 Å². The number of hydrogen-bond acceptors (Lipinski definition) is 3. The van der Waals surface area contributed by atoms with E-state index in [2.05, 4.69) is 52.9 Å². The molecule has 0 aromatic carbocycles. The summed E-state index contributed by atoms with van der Waals surface area (Å²) in [5, 5.41) is 3.62. The first kappa shape index (κ1) is 14.7. The Hall–Kier alpha value is -1.68. The third-order valence-corrected chi connectivity index (χ3v) is 3.44. The van der Waals surface area contributed by atoms with Gasteiger partial charge in [0.15, 0.2) is 0 Å². The Morgan fingerprint density at radius 2 is 2.10 bits per heavy atom. The summed E-state index contributed by atoms with van der Waals surface area (Å²) in [4.78, 5) is 8.78. The number of pyridine rings is 1. The maximum atomic E-state index is 4.59. The van der Waals surface area contributed by atoms with Crippen molar-refractivity contribution in [2.75, 3.05) is 6.54 Å². The summed E-state index contributed by atoms with van der Waals surface area (Å²) in [6, 6.07) is 2.23. The highest BCUT2D eigenvalue weighted by Gasteiger charge is 2.19. The lowest BCUT2D eigenvalue weighted by atomic mass is 10.0. The Bertz CT molecular complexity index is 533. The molecule has 0 bridgehead atoms. The molecule has 20 heavy (non-hydrogen) atoms. The molecule has 0 saturated carbocycles. The van der Waals surface area contributed by atoms with Crippen molar-refractivity contribution in [2.45, 2.75) is 46.2 Å². The second-order valence-corrected chi connectivity index (χ2v) is 5.10. The van der Waals surface area contributed by atoms with Gasteiger partial charge in [-0.25, -0.2) is 4.98 Å². The van der Waals surface area contributed by atoms with Crippen LogP contribution in [0.4, 0.5) is 0 Å². The molecule has 0 radical (unpaired) electrons. The predicted octanol–water partition coefficient (Wildman–Crippen LogP) is 3.09. The van der Waals surface area contributed by atoms with Crippen LogP contribution in [0.3, 0.4) is 0 Å². The van der Waals surface area contributed by atoms with Crippen molar-refractivity contribution in [1.82, 2.24) is 19.9 Å². The third-order valence-electron chi connectivity index (χ3n) is 3.44. The normalized spacial score (nSPS) is 12.6. The minimum atomic E-state index is 0.138. The van der Waals surface area contributed by atoms with Gasteiger partial charge in [0, 0.05) is 31.3 Å². The predicted molar refractivity (Wildman–Crippen MR) is 81.6 cm³/mol. The minimum absolute atomic E-state index is 0.138. The summed E-state index contributed by atoms with van der Waals surface area (Å²) in [6.45, 7) is 8.46. The van der Waals surface area contributed by atoms with Crippen LogP contribution < -0.4 is 5.32 Å². The molecule has 108 valence electrons. The van der Waals surface area contributed by atoms with E-state index in [9.17, 15) is 0 Å². The number of nitrogens with zero attached hydrogens (tertiary/aromatic N) is 3. The molecule has 0 spiro atoms. The van der Waals surface area contributed by atoms with E-state index in [1.54, 1.807) is 0 Å². The van der Waals surface area contributed by atoms with E-state index >= 15 is 0 Å². The lowest BCUT2D eigenvalue weighted by Gasteiger charge is -2.21. The number of hydrogen-bond donors (Lipinski definition) is 1. The topological polar surface area (TPSA) is 42.7 Å². The molecule has 0 fully saturated rings. The number of imidazole rings is 1. The van der Waals surface area contributed by atoms with E-state index in [0.29, 0.717) is 0 Å². The van der Waals surface area contributed by atoms with Gasteiger partial charge in [0.1, 0.15) is 5.82 Å². The molecule has 4 heteroatoms. The molecule has 2 heterocycles. The zero-order valence-electron chi connectivity index (χ0n) is 12.6. The Morgan fingerprint density at radius 1 is 1.25 bits per heavy atom. The summed E-state index contributed by atoms with van der Waals surface area (Å²) < 4.78 is 2.24. The SMILES string of the molecule is CCCNC(c1ccncc1C)c1nccn1CCC. The summed E-state index contributed by atoms with van der Waals surface area (Å²) >= 11 is 0. The molecule has 1 unspecified atom stereocenters. The van der Waals surface area contributed by atoms with Crippen molar-refractivity contribution in [3.8, 4) is 0 Å². The van der Waals surface area contributed by atoms with E-state index in [4.69, 9.17) is 0 Å². The first-order chi connectivity index (χ1) is 9.77. The zero-order chi connectivity index (χ0) is 14.4. The molecule has 2 aromatic rings. The molecule has 0 amide bonds. The first-order valence-electron chi connectivity index (χ1n) is 7.42. The Kier molecular flexibility index (Phi) is 5.30. The highest BCUT2D eigenvalue weighted by molar-refractivity contribution is 5.30. The lowest BCUT2D eigenvalue weighted by Crippen LogP contribution is -2.27. The first-order valence-corrected chi connectivity index (χ1v) is 7.42. The highest BCUT2D eigenvalue weighted by atomic mass is 15.1. The summed E-state index contributed by atoms with van der Waals surface area (Å²) in [5.41, 5.74) is 2.46. The van der Waals surface area contributed by atoms with Gasteiger partial charge in [-0.3, -0.25) is 4.98 Å². The maximum absolute atomic E-state index is 4.59. The monoisotopic (exact) mass is 272 g/mol. The van der Waals surface area contributed by atoms with Crippen LogP contribution in [0.2, 0.25) is 0 Å². The quantitative estimate of drug-likeness (QED) is 0.842. The molecule has 1 N–H and O–H groups in total. The van der Waals surface area contributed by atoms with Crippen LogP contribution in [0.25, 0.3) is 0 Å². The van der Waals surface area contributed by atoms with Crippen molar-refractivity contribution < 1.29 is 0 Å². The van der Waals surface area contributed by atoms with Crippen molar-refractivity contribution in [2.24, 2.45) is 0 Å². The van der Waals surface area contributed by atoms with Crippen molar-refractivity contribution in [1.29, 1.82) is 0 Å². The van der Waals surface area contributed by atoms with Crippen molar-refractivity contribution in [3.63, 3.8) is 0 Å². The number of nitrogens with one attached hydrogen (secondary N) is 1. The van der Waals surface area contributed by atoms with E-state index in [-0.39, 0.29) is 6.04 Å². The summed E-state index contributed by atoms with van der Waals surface area (Å²) in [5.74, 6) is 1.09. The smallest absolute Gasteiger partial charge is 0.130 e. The Labute approximate surface area is 121 Å². The molecule has 2 rings (SSSR count). The molecule has 1 atom stereocenters. The number of aromatic nitrogens is 3. The molecule has 0 aliphatic rings. The average Bonchev–Trinajstić information content (AvgIpc) is 2.90. The summed E-state index contributed by atoms with van der Waals surface area (Å²) in [7, 11) is 0. The van der Waals surface area contributed by atoms with Crippen LogP contribution in [0, 0.1) is 6.92 Å². The van der Waals surface area contributed by atoms with Gasteiger partial charge in [-0.2, -0.15) is 0 Å². The van der Waals surface area contributed by atoms with Crippen LogP contribution in [0.15, 0.2) is 30.9 Å². The fourth-order valence-corrected chi connectivity index (χ4v) is 2.45. The molecular weight excluding hydrogens is 248 g/mol. The van der Waals surface area contributed by atoms with Crippen LogP contribution in [-0.2, 0) is 6.54 Å². The third kappa shape index (κ3) is 3.25. The second kappa shape index (κ2) is 7.20. The van der Waals surface area contributed by atoms with Gasteiger partial charge in [-0.05, 0) is 43.5 Å². The Morgan fingerprint density at radius 3 is 2.80 bits per heavy atom. The van der Waals surface area contributed by atoms with E-state index < -0.39 is 0 Å². The fourth-order valence-electron chi connectivity index (χ4n) is 2.45. The van der Waals surface area contributed by atoms with Crippen molar-refractivity contribution in [3.05, 3.63) is 47.8 Å². The van der Waals surface area contributed by atoms with Gasteiger partial charge in [-0.1, -0.05) is 13.8 Å².